The van der Waals surface area contributed by atoms with E-state index in [2.05, 4.69) is 0 Å². The lowest BCUT2D eigenvalue weighted by Gasteiger charge is -2.11. The van der Waals surface area contributed by atoms with E-state index in [1.54, 1.807) is 23.8 Å². The zero-order chi connectivity index (χ0) is 17.8. The van der Waals surface area contributed by atoms with Gasteiger partial charge in [0.05, 0.1) is 19.2 Å². The molecular formula is C20H17NO4. The molecule has 0 aliphatic rings. The third kappa shape index (κ3) is 3.77. The van der Waals surface area contributed by atoms with Crippen molar-refractivity contribution in [3.8, 4) is 5.75 Å². The SMILES string of the molecule is COc1ccc(Cn2c(=O)ccc3cc(/C=C/C(=O)O)ccc32)cc1. The number of hydrogen-bond acceptors (Lipinski definition) is 3. The van der Waals surface area contributed by atoms with E-state index in [-0.39, 0.29) is 5.56 Å². The van der Waals surface area contributed by atoms with E-state index in [0.717, 1.165) is 33.9 Å². The number of ether oxygens (including phenoxy) is 1. The number of pyridine rings is 1. The molecule has 0 atom stereocenters. The van der Waals surface area contributed by atoms with Crippen molar-refractivity contribution in [2.75, 3.05) is 7.11 Å². The quantitative estimate of drug-likeness (QED) is 0.727. The average Bonchev–Trinajstić information content (AvgIpc) is 2.63. The summed E-state index contributed by atoms with van der Waals surface area (Å²) in [5.41, 5.74) is 2.47. The van der Waals surface area contributed by atoms with Crippen LogP contribution in [0.2, 0.25) is 0 Å². The standard InChI is InChI=1S/C20H17NO4/c1-25-17-7-2-15(3-8-17)13-21-18-9-4-14(5-11-20(23)24)12-16(18)6-10-19(21)22/h2-12H,13H2,1H3,(H,23,24)/b11-5+. The summed E-state index contributed by atoms with van der Waals surface area (Å²) in [4.78, 5) is 22.9. The van der Waals surface area contributed by atoms with E-state index in [1.165, 1.54) is 12.1 Å². The predicted molar refractivity (Wildman–Crippen MR) is 97.0 cm³/mol. The van der Waals surface area contributed by atoms with Crippen molar-refractivity contribution in [1.82, 2.24) is 4.57 Å². The molecule has 5 nitrogen and oxygen atoms in total. The number of rotatable bonds is 5. The van der Waals surface area contributed by atoms with Gasteiger partial charge in [-0.3, -0.25) is 4.79 Å². The van der Waals surface area contributed by atoms with Gasteiger partial charge in [-0.1, -0.05) is 18.2 Å². The minimum absolute atomic E-state index is 0.0860. The molecular weight excluding hydrogens is 318 g/mol. The van der Waals surface area contributed by atoms with Gasteiger partial charge in [0.15, 0.2) is 0 Å². The van der Waals surface area contributed by atoms with Crippen LogP contribution in [-0.4, -0.2) is 22.8 Å². The van der Waals surface area contributed by atoms with Crippen molar-refractivity contribution in [3.05, 3.63) is 82.2 Å². The van der Waals surface area contributed by atoms with Gasteiger partial charge in [0, 0.05) is 12.1 Å². The van der Waals surface area contributed by atoms with E-state index in [1.807, 2.05) is 36.4 Å². The Balaban J connectivity index is 2.00. The lowest BCUT2D eigenvalue weighted by atomic mass is 10.1. The van der Waals surface area contributed by atoms with E-state index in [9.17, 15) is 9.59 Å². The molecule has 126 valence electrons. The molecule has 0 aliphatic heterocycles. The van der Waals surface area contributed by atoms with Gasteiger partial charge in [-0.2, -0.15) is 0 Å². The Labute approximate surface area is 144 Å². The van der Waals surface area contributed by atoms with Crippen molar-refractivity contribution in [2.24, 2.45) is 0 Å². The van der Waals surface area contributed by atoms with Gasteiger partial charge >= 0.3 is 5.97 Å². The zero-order valence-corrected chi connectivity index (χ0v) is 13.7. The third-order valence-corrected chi connectivity index (χ3v) is 3.93. The molecule has 1 aromatic heterocycles. The summed E-state index contributed by atoms with van der Waals surface area (Å²) in [7, 11) is 1.61. The maximum absolute atomic E-state index is 12.3. The van der Waals surface area contributed by atoms with Crippen LogP contribution in [0.4, 0.5) is 0 Å². The van der Waals surface area contributed by atoms with Crippen molar-refractivity contribution < 1.29 is 14.6 Å². The highest BCUT2D eigenvalue weighted by Crippen LogP contribution is 2.18. The third-order valence-electron chi connectivity index (χ3n) is 3.93. The van der Waals surface area contributed by atoms with Crippen LogP contribution in [0.25, 0.3) is 17.0 Å². The van der Waals surface area contributed by atoms with Crippen LogP contribution in [-0.2, 0) is 11.3 Å². The first-order valence-corrected chi connectivity index (χ1v) is 7.74. The first kappa shape index (κ1) is 16.5. The van der Waals surface area contributed by atoms with Crippen LogP contribution in [0.15, 0.2) is 65.5 Å². The van der Waals surface area contributed by atoms with Gasteiger partial charge in [0.25, 0.3) is 5.56 Å². The number of aliphatic carboxylic acids is 1. The zero-order valence-electron chi connectivity index (χ0n) is 13.7. The Morgan fingerprint density at radius 2 is 1.88 bits per heavy atom. The molecule has 0 saturated heterocycles. The van der Waals surface area contributed by atoms with Crippen molar-refractivity contribution in [1.29, 1.82) is 0 Å². The minimum atomic E-state index is -0.996. The Hall–Kier alpha value is -3.34. The molecule has 5 heteroatoms. The fourth-order valence-corrected chi connectivity index (χ4v) is 2.67. The lowest BCUT2D eigenvalue weighted by Crippen LogP contribution is -2.19. The monoisotopic (exact) mass is 335 g/mol. The molecule has 25 heavy (non-hydrogen) atoms. The van der Waals surface area contributed by atoms with Crippen LogP contribution >= 0.6 is 0 Å². The van der Waals surface area contributed by atoms with E-state index in [0.29, 0.717) is 6.54 Å². The second-order valence-corrected chi connectivity index (χ2v) is 5.60. The molecule has 0 amide bonds. The summed E-state index contributed by atoms with van der Waals surface area (Å²) >= 11 is 0. The van der Waals surface area contributed by atoms with Crippen LogP contribution in [0.3, 0.4) is 0 Å². The number of nitrogens with zero attached hydrogens (tertiary/aromatic N) is 1. The fraction of sp³-hybridized carbons (Fsp3) is 0.100. The highest BCUT2D eigenvalue weighted by Gasteiger charge is 2.05. The molecule has 0 spiro atoms. The van der Waals surface area contributed by atoms with Crippen molar-refractivity contribution in [2.45, 2.75) is 6.54 Å². The molecule has 0 saturated carbocycles. The summed E-state index contributed by atoms with van der Waals surface area (Å²) in [5, 5.41) is 9.60. The Kier molecular flexibility index (Phi) is 4.66. The Morgan fingerprint density at radius 1 is 1.12 bits per heavy atom. The second-order valence-electron chi connectivity index (χ2n) is 5.60. The number of hydrogen-bond donors (Lipinski definition) is 1. The van der Waals surface area contributed by atoms with E-state index in [4.69, 9.17) is 9.84 Å². The maximum Gasteiger partial charge on any atom is 0.328 e. The predicted octanol–water partition coefficient (Wildman–Crippen LogP) is 3.16. The summed E-state index contributed by atoms with van der Waals surface area (Å²) in [6.07, 6.45) is 2.62. The van der Waals surface area contributed by atoms with Crippen LogP contribution in [0.5, 0.6) is 5.75 Å². The molecule has 3 aromatic rings. The number of methoxy groups -OCH3 is 1. The van der Waals surface area contributed by atoms with Gasteiger partial charge in [-0.05, 0) is 52.9 Å². The van der Waals surface area contributed by atoms with Crippen LogP contribution < -0.4 is 10.3 Å². The first-order chi connectivity index (χ1) is 12.1. The number of aromatic nitrogens is 1. The topological polar surface area (TPSA) is 68.5 Å². The molecule has 1 N–H and O–H groups in total. The molecule has 0 unspecified atom stereocenters. The lowest BCUT2D eigenvalue weighted by molar-refractivity contribution is -0.131. The largest absolute Gasteiger partial charge is 0.497 e. The van der Waals surface area contributed by atoms with Gasteiger partial charge in [0.2, 0.25) is 0 Å². The second kappa shape index (κ2) is 7.05. The first-order valence-electron chi connectivity index (χ1n) is 7.74. The summed E-state index contributed by atoms with van der Waals surface area (Å²) in [6.45, 7) is 0.449. The number of carbonyl (C=O) groups is 1. The molecule has 2 aromatic carbocycles. The fourth-order valence-electron chi connectivity index (χ4n) is 2.67. The molecule has 3 rings (SSSR count). The molecule has 0 aliphatic carbocycles. The summed E-state index contributed by atoms with van der Waals surface area (Å²) in [5.74, 6) is -0.228. The van der Waals surface area contributed by atoms with Gasteiger partial charge in [-0.15, -0.1) is 0 Å². The van der Waals surface area contributed by atoms with E-state index < -0.39 is 5.97 Å². The smallest absolute Gasteiger partial charge is 0.328 e. The summed E-state index contributed by atoms with van der Waals surface area (Å²) in [6, 6.07) is 16.3. The average molecular weight is 335 g/mol. The van der Waals surface area contributed by atoms with E-state index >= 15 is 0 Å². The van der Waals surface area contributed by atoms with Crippen molar-refractivity contribution >= 4 is 22.9 Å². The van der Waals surface area contributed by atoms with Gasteiger partial charge in [0.1, 0.15) is 5.75 Å². The number of carboxylic acid groups (broad SMARTS) is 1. The molecule has 0 radical (unpaired) electrons. The van der Waals surface area contributed by atoms with Crippen LogP contribution in [0, 0.1) is 0 Å². The number of benzene rings is 2. The Bertz CT molecular complexity index is 1000. The number of carboxylic acids is 1. The summed E-state index contributed by atoms with van der Waals surface area (Å²) < 4.78 is 6.85. The molecule has 0 fully saturated rings. The molecule has 1 heterocycles. The highest BCUT2D eigenvalue weighted by molar-refractivity contribution is 5.87. The number of fused-ring (bicyclic) bond motifs is 1. The van der Waals surface area contributed by atoms with Crippen LogP contribution in [0.1, 0.15) is 11.1 Å². The molecule has 0 bridgehead atoms. The minimum Gasteiger partial charge on any atom is -0.497 e. The maximum atomic E-state index is 12.3. The normalized spacial score (nSPS) is 11.1. The van der Waals surface area contributed by atoms with Crippen molar-refractivity contribution in [3.63, 3.8) is 0 Å². The van der Waals surface area contributed by atoms with Gasteiger partial charge in [-0.25, -0.2) is 4.79 Å². The Morgan fingerprint density at radius 3 is 2.56 bits per heavy atom. The van der Waals surface area contributed by atoms with Gasteiger partial charge < -0.3 is 14.4 Å². The highest BCUT2D eigenvalue weighted by atomic mass is 16.5.